The van der Waals surface area contributed by atoms with Crippen molar-refractivity contribution in [3.05, 3.63) is 174 Å². The quantitative estimate of drug-likeness (QED) is 0.190. The highest BCUT2D eigenvalue weighted by Crippen LogP contribution is 2.57. The van der Waals surface area contributed by atoms with Crippen molar-refractivity contribution in [3.8, 4) is 33.4 Å². The molecule has 0 saturated carbocycles. The number of furan rings is 1. The van der Waals surface area contributed by atoms with Crippen molar-refractivity contribution >= 4 is 39.0 Å². The first-order valence-corrected chi connectivity index (χ1v) is 17.6. The summed E-state index contributed by atoms with van der Waals surface area (Å²) in [6.07, 6.45) is 0. The molecule has 0 radical (unpaired) electrons. The van der Waals surface area contributed by atoms with Crippen LogP contribution in [0.25, 0.3) is 55.3 Å². The van der Waals surface area contributed by atoms with Crippen LogP contribution in [-0.4, -0.2) is 0 Å². The number of benzene rings is 7. The van der Waals surface area contributed by atoms with Crippen molar-refractivity contribution in [3.63, 3.8) is 0 Å². The standard InChI is InChI=1S/C48H37NO/c1-47(2)38-17-10-8-16-36(38)44-39(47)18-12-19-42(44)49(32-23-21-31(22-24-32)30-13-6-5-7-14-30)33-25-26-37-41(29-33)48(3,4)40-28-27-35-34-15-9-11-20-43(34)50-46(35)45(37)40/h5-29H,1-4H3. The maximum atomic E-state index is 6.60. The van der Waals surface area contributed by atoms with Crippen molar-refractivity contribution < 1.29 is 4.42 Å². The van der Waals surface area contributed by atoms with Crippen LogP contribution in [-0.2, 0) is 10.8 Å². The van der Waals surface area contributed by atoms with Gasteiger partial charge >= 0.3 is 0 Å². The largest absolute Gasteiger partial charge is 0.455 e. The van der Waals surface area contributed by atoms with E-state index in [-0.39, 0.29) is 10.8 Å². The molecule has 240 valence electrons. The van der Waals surface area contributed by atoms with E-state index < -0.39 is 0 Å². The zero-order chi connectivity index (χ0) is 33.8. The predicted octanol–water partition coefficient (Wildman–Crippen LogP) is 13.3. The summed E-state index contributed by atoms with van der Waals surface area (Å²) in [5, 5.41) is 2.34. The van der Waals surface area contributed by atoms with Crippen LogP contribution in [0, 0.1) is 0 Å². The molecule has 0 unspecified atom stereocenters. The normalized spacial score (nSPS) is 14.7. The summed E-state index contributed by atoms with van der Waals surface area (Å²) in [6.45, 7) is 9.42. The van der Waals surface area contributed by atoms with Crippen molar-refractivity contribution in [1.82, 2.24) is 0 Å². The topological polar surface area (TPSA) is 16.4 Å². The highest BCUT2D eigenvalue weighted by atomic mass is 16.3. The third-order valence-corrected chi connectivity index (χ3v) is 11.5. The fraction of sp³-hybridized carbons (Fsp3) is 0.125. The van der Waals surface area contributed by atoms with Crippen LogP contribution in [0.5, 0.6) is 0 Å². The molecule has 8 aromatic rings. The summed E-state index contributed by atoms with van der Waals surface area (Å²) in [6, 6.07) is 55.5. The Labute approximate surface area is 293 Å². The maximum Gasteiger partial charge on any atom is 0.143 e. The van der Waals surface area contributed by atoms with Gasteiger partial charge in [0, 0.05) is 44.1 Å². The van der Waals surface area contributed by atoms with E-state index >= 15 is 0 Å². The molecule has 1 heterocycles. The van der Waals surface area contributed by atoms with Gasteiger partial charge in [-0.3, -0.25) is 0 Å². The van der Waals surface area contributed by atoms with Gasteiger partial charge in [-0.05, 0) is 80.9 Å². The zero-order valence-electron chi connectivity index (χ0n) is 28.8. The summed E-state index contributed by atoms with van der Waals surface area (Å²) >= 11 is 0. The molecule has 10 rings (SSSR count). The Morgan fingerprint density at radius 2 is 1.08 bits per heavy atom. The average Bonchev–Trinajstić information content (AvgIpc) is 3.72. The number of hydrogen-bond donors (Lipinski definition) is 0. The summed E-state index contributed by atoms with van der Waals surface area (Å²) < 4.78 is 6.60. The molecule has 2 heteroatoms. The van der Waals surface area contributed by atoms with E-state index in [9.17, 15) is 0 Å². The van der Waals surface area contributed by atoms with Crippen LogP contribution in [0.4, 0.5) is 17.1 Å². The summed E-state index contributed by atoms with van der Waals surface area (Å²) in [5.41, 5.74) is 18.0. The minimum atomic E-state index is -0.204. The van der Waals surface area contributed by atoms with Gasteiger partial charge in [0.2, 0.25) is 0 Å². The third-order valence-electron chi connectivity index (χ3n) is 11.5. The lowest BCUT2D eigenvalue weighted by molar-refractivity contribution is 0.653. The molecule has 0 bridgehead atoms. The van der Waals surface area contributed by atoms with Crippen LogP contribution >= 0.6 is 0 Å². The van der Waals surface area contributed by atoms with Gasteiger partial charge in [0.1, 0.15) is 11.2 Å². The smallest absolute Gasteiger partial charge is 0.143 e. The molecule has 2 aliphatic rings. The molecule has 1 aromatic heterocycles. The second-order valence-electron chi connectivity index (χ2n) is 14.9. The fourth-order valence-electron chi connectivity index (χ4n) is 8.91. The molecular weight excluding hydrogens is 607 g/mol. The Kier molecular flexibility index (Phi) is 6.01. The van der Waals surface area contributed by atoms with E-state index in [1.807, 2.05) is 0 Å². The van der Waals surface area contributed by atoms with E-state index in [0.29, 0.717) is 0 Å². The number of rotatable bonds is 4. The van der Waals surface area contributed by atoms with E-state index in [1.165, 1.54) is 72.1 Å². The highest BCUT2D eigenvalue weighted by Gasteiger charge is 2.40. The first-order chi connectivity index (χ1) is 24.3. The minimum absolute atomic E-state index is 0.0930. The molecule has 7 aromatic carbocycles. The Balaban J connectivity index is 1.20. The molecular formula is C48H37NO. The zero-order valence-corrected chi connectivity index (χ0v) is 28.8. The lowest BCUT2D eigenvalue weighted by Crippen LogP contribution is -2.17. The van der Waals surface area contributed by atoms with Crippen molar-refractivity contribution in [1.29, 1.82) is 0 Å². The third kappa shape index (κ3) is 3.96. The summed E-state index contributed by atoms with van der Waals surface area (Å²) in [7, 11) is 0. The molecule has 50 heavy (non-hydrogen) atoms. The van der Waals surface area contributed by atoms with E-state index in [0.717, 1.165) is 22.5 Å². The highest BCUT2D eigenvalue weighted by molar-refractivity contribution is 6.12. The Morgan fingerprint density at radius 3 is 1.92 bits per heavy atom. The predicted molar refractivity (Wildman–Crippen MR) is 209 cm³/mol. The van der Waals surface area contributed by atoms with Crippen LogP contribution in [0.15, 0.2) is 156 Å². The van der Waals surface area contributed by atoms with Gasteiger partial charge in [-0.2, -0.15) is 0 Å². The molecule has 0 amide bonds. The first kappa shape index (κ1) is 29.1. The molecule has 0 spiro atoms. The van der Waals surface area contributed by atoms with Crippen molar-refractivity contribution in [2.24, 2.45) is 0 Å². The lowest BCUT2D eigenvalue weighted by atomic mass is 9.82. The minimum Gasteiger partial charge on any atom is -0.455 e. The number of nitrogens with zero attached hydrogens (tertiary/aromatic N) is 1. The van der Waals surface area contributed by atoms with E-state index in [1.54, 1.807) is 0 Å². The second kappa shape index (κ2) is 10.3. The van der Waals surface area contributed by atoms with Crippen LogP contribution in [0.2, 0.25) is 0 Å². The van der Waals surface area contributed by atoms with Crippen LogP contribution < -0.4 is 4.90 Å². The van der Waals surface area contributed by atoms with Crippen molar-refractivity contribution in [2.75, 3.05) is 4.90 Å². The molecule has 0 N–H and O–H groups in total. The molecule has 0 saturated heterocycles. The molecule has 0 fully saturated rings. The Hall–Kier alpha value is -5.86. The summed E-state index contributed by atoms with van der Waals surface area (Å²) in [5.74, 6) is 0. The maximum absolute atomic E-state index is 6.60. The number of anilines is 3. The second-order valence-corrected chi connectivity index (χ2v) is 14.9. The number of fused-ring (bicyclic) bond motifs is 10. The molecule has 2 aliphatic carbocycles. The lowest BCUT2D eigenvalue weighted by Gasteiger charge is -2.30. The van der Waals surface area contributed by atoms with Crippen molar-refractivity contribution in [2.45, 2.75) is 38.5 Å². The monoisotopic (exact) mass is 643 g/mol. The Morgan fingerprint density at radius 1 is 0.440 bits per heavy atom. The molecule has 2 nitrogen and oxygen atoms in total. The van der Waals surface area contributed by atoms with Gasteiger partial charge in [-0.25, -0.2) is 0 Å². The van der Waals surface area contributed by atoms with Crippen LogP contribution in [0.1, 0.15) is 49.9 Å². The average molecular weight is 644 g/mol. The Bertz CT molecular complexity index is 2640. The van der Waals surface area contributed by atoms with Crippen LogP contribution in [0.3, 0.4) is 0 Å². The molecule has 0 atom stereocenters. The van der Waals surface area contributed by atoms with Gasteiger partial charge in [0.15, 0.2) is 0 Å². The summed E-state index contributed by atoms with van der Waals surface area (Å²) in [4.78, 5) is 2.47. The van der Waals surface area contributed by atoms with E-state index in [4.69, 9.17) is 4.42 Å². The SMILES string of the molecule is CC1(C)c2ccccc2-c2c(N(c3ccc(-c4ccccc4)cc3)c3ccc4c(c3)C(C)(C)c3ccc5c(oc6ccccc65)c3-4)cccc21. The first-order valence-electron chi connectivity index (χ1n) is 17.6. The van der Waals surface area contributed by atoms with Gasteiger partial charge < -0.3 is 9.32 Å². The number of hydrogen-bond acceptors (Lipinski definition) is 2. The van der Waals surface area contributed by atoms with Gasteiger partial charge in [-0.1, -0.05) is 143 Å². The van der Waals surface area contributed by atoms with Gasteiger partial charge in [0.05, 0.1) is 5.69 Å². The molecule has 0 aliphatic heterocycles. The van der Waals surface area contributed by atoms with Gasteiger partial charge in [-0.15, -0.1) is 0 Å². The fourth-order valence-corrected chi connectivity index (χ4v) is 8.91. The number of para-hydroxylation sites is 1. The van der Waals surface area contributed by atoms with E-state index in [2.05, 4.69) is 184 Å². The van der Waals surface area contributed by atoms with Gasteiger partial charge in [0.25, 0.3) is 0 Å².